The molecule has 0 aromatic heterocycles. The minimum Gasteiger partial charge on any atom is -0.179 e. The molecule has 0 aliphatic heterocycles. The number of aryl methyl sites for hydroxylation is 1. The summed E-state index contributed by atoms with van der Waals surface area (Å²) in [4.78, 5) is 0. The fraction of sp³-hybridized carbons (Fsp3) is 0.161. The second kappa shape index (κ2) is 17.4. The van der Waals surface area contributed by atoms with Gasteiger partial charge in [-0.05, 0) is 164 Å². The van der Waals surface area contributed by atoms with Crippen molar-refractivity contribution in [2.45, 2.75) is 57.8 Å². The molecule has 0 atom stereocenters. The fourth-order valence-corrected chi connectivity index (χ4v) is 11.0. The van der Waals surface area contributed by atoms with Gasteiger partial charge in [-0.3, -0.25) is 0 Å². The Morgan fingerprint density at radius 2 is 0.730 bits per heavy atom. The zero-order valence-electron chi connectivity index (χ0n) is 35.9. The molecule has 1 heteroatoms. The van der Waals surface area contributed by atoms with E-state index in [4.69, 9.17) is 0 Å². The first-order valence-corrected chi connectivity index (χ1v) is 23.8. The summed E-state index contributed by atoms with van der Waals surface area (Å²) in [5, 5.41) is 15.7. The second-order valence-corrected chi connectivity index (χ2v) is 18.0. The summed E-state index contributed by atoms with van der Waals surface area (Å²) in [7, 11) is 0. The lowest BCUT2D eigenvalue weighted by Crippen LogP contribution is -1.96. The highest BCUT2D eigenvalue weighted by Gasteiger charge is 2.23. The largest absolute Gasteiger partial charge is 0.179 e. The number of hydrogen-bond acceptors (Lipinski definition) is 1. The van der Waals surface area contributed by atoms with Crippen molar-refractivity contribution in [1.29, 1.82) is 0 Å². The lowest BCUT2D eigenvalue weighted by Gasteiger charge is -2.23. The zero-order valence-corrected chi connectivity index (χ0v) is 36.8. The molecule has 63 heavy (non-hydrogen) atoms. The third-order valence-corrected chi connectivity index (χ3v) is 14.1. The maximum atomic E-state index is 4.38. The van der Waals surface area contributed by atoms with Crippen LogP contribution in [0.15, 0.2) is 188 Å². The van der Waals surface area contributed by atoms with Crippen LogP contribution in [0.2, 0.25) is 0 Å². The molecule has 0 heterocycles. The van der Waals surface area contributed by atoms with Crippen molar-refractivity contribution in [2.24, 2.45) is 0 Å². The van der Waals surface area contributed by atoms with Crippen molar-refractivity contribution in [2.75, 3.05) is 5.75 Å². The van der Waals surface area contributed by atoms with Crippen molar-refractivity contribution in [1.82, 2.24) is 0 Å². The van der Waals surface area contributed by atoms with Crippen molar-refractivity contribution >= 4 is 77.3 Å². The van der Waals surface area contributed by atoms with Crippen molar-refractivity contribution in [3.8, 4) is 44.5 Å². The molecule has 0 saturated heterocycles. The number of hydrogen-bond donors (Lipinski definition) is 1. The van der Waals surface area contributed by atoms with Gasteiger partial charge < -0.3 is 0 Å². The van der Waals surface area contributed by atoms with Gasteiger partial charge in [-0.25, -0.2) is 0 Å². The molecule has 306 valence electrons. The van der Waals surface area contributed by atoms with E-state index in [1.54, 1.807) is 0 Å². The average molecular weight is 829 g/mol. The quantitative estimate of drug-likeness (QED) is 0.0630. The van der Waals surface area contributed by atoms with Gasteiger partial charge in [-0.1, -0.05) is 202 Å². The molecule has 0 nitrogen and oxygen atoms in total. The smallest absolute Gasteiger partial charge is 0.00134 e. The summed E-state index contributed by atoms with van der Waals surface area (Å²) < 4.78 is 0. The topological polar surface area (TPSA) is 0 Å². The van der Waals surface area contributed by atoms with Gasteiger partial charge in [0.1, 0.15) is 0 Å². The average Bonchev–Trinajstić information content (AvgIpc) is 3.35. The van der Waals surface area contributed by atoms with Gasteiger partial charge in [0, 0.05) is 0 Å². The summed E-state index contributed by atoms with van der Waals surface area (Å²) in [5.74, 6) is 1.01. The van der Waals surface area contributed by atoms with Gasteiger partial charge in [-0.15, -0.1) is 0 Å². The molecule has 0 fully saturated rings. The highest BCUT2D eigenvalue weighted by molar-refractivity contribution is 7.80. The molecule has 0 unspecified atom stereocenters. The van der Waals surface area contributed by atoms with Crippen LogP contribution >= 0.6 is 12.6 Å². The molecule has 0 N–H and O–H groups in total. The molecule has 0 aliphatic rings. The van der Waals surface area contributed by atoms with Crippen LogP contribution < -0.4 is 0 Å². The molecular weight excluding hydrogens is 777 g/mol. The van der Waals surface area contributed by atoms with E-state index in [1.807, 2.05) is 0 Å². The Morgan fingerprint density at radius 3 is 1.43 bits per heavy atom. The summed E-state index contributed by atoms with van der Waals surface area (Å²) in [6.45, 7) is 0. The Bertz CT molecular complexity index is 3400. The summed E-state index contributed by atoms with van der Waals surface area (Å²) in [5.41, 5.74) is 11.6. The minimum atomic E-state index is 1.01. The monoisotopic (exact) mass is 828 g/mol. The Labute approximate surface area is 377 Å². The van der Waals surface area contributed by atoms with E-state index in [0.717, 1.165) is 12.2 Å². The van der Waals surface area contributed by atoms with Crippen LogP contribution in [0, 0.1) is 0 Å². The fourth-order valence-electron chi connectivity index (χ4n) is 10.7. The van der Waals surface area contributed by atoms with Crippen molar-refractivity contribution < 1.29 is 0 Å². The van der Waals surface area contributed by atoms with Crippen LogP contribution in [0.4, 0.5) is 0 Å². The summed E-state index contributed by atoms with van der Waals surface area (Å²) >= 11 is 4.38. The van der Waals surface area contributed by atoms with E-state index in [2.05, 4.69) is 201 Å². The molecule has 11 aromatic carbocycles. The maximum Gasteiger partial charge on any atom is -0.00134 e. The van der Waals surface area contributed by atoms with Crippen LogP contribution in [0.3, 0.4) is 0 Å². The number of thiol groups is 1. The third-order valence-electron chi connectivity index (χ3n) is 13.8. The van der Waals surface area contributed by atoms with E-state index in [9.17, 15) is 0 Å². The summed E-state index contributed by atoms with van der Waals surface area (Å²) in [6.07, 6.45) is 11.6. The molecule has 0 saturated carbocycles. The van der Waals surface area contributed by atoms with Gasteiger partial charge in [0.25, 0.3) is 0 Å². The van der Waals surface area contributed by atoms with E-state index < -0.39 is 0 Å². The van der Waals surface area contributed by atoms with Gasteiger partial charge in [-0.2, -0.15) is 12.6 Å². The standard InChI is InChI=1S/C62H52S/c63-37-20-6-4-2-1-3-5-9-26-44-35-36-51(48-30-17-16-28-46(44)48)57-41-59-55(43-24-12-8-13-25-43)39-58(56-38-45-27-14-15-29-47(45)49-31-18-19-32-50(49)56)60-40-54(42-22-10-7-11-23-42)52-33-21-34-53(57)61(52)62(59)60/h7-8,10-19,21-25,27-36,38-41,63H,1-6,9,20,26,37H2. The summed E-state index contributed by atoms with van der Waals surface area (Å²) in [6, 6.07) is 71.0. The predicted molar refractivity (Wildman–Crippen MR) is 279 cm³/mol. The lowest BCUT2D eigenvalue weighted by atomic mass is 9.79. The van der Waals surface area contributed by atoms with Crippen molar-refractivity contribution in [3.05, 3.63) is 194 Å². The maximum absolute atomic E-state index is 4.38. The number of rotatable bonds is 14. The molecule has 11 rings (SSSR count). The van der Waals surface area contributed by atoms with Crippen LogP contribution in [-0.2, 0) is 6.42 Å². The van der Waals surface area contributed by atoms with E-state index in [0.29, 0.717) is 0 Å². The van der Waals surface area contributed by atoms with Gasteiger partial charge in [0.15, 0.2) is 0 Å². The molecular formula is C62H52S. The first kappa shape index (κ1) is 39.4. The van der Waals surface area contributed by atoms with Gasteiger partial charge in [0.2, 0.25) is 0 Å². The first-order chi connectivity index (χ1) is 31.3. The van der Waals surface area contributed by atoms with Gasteiger partial charge in [0.05, 0.1) is 0 Å². The normalized spacial score (nSPS) is 11.9. The Balaban J connectivity index is 1.16. The van der Waals surface area contributed by atoms with E-state index in [1.165, 1.54) is 166 Å². The number of unbranched alkanes of at least 4 members (excludes halogenated alkanes) is 7. The Morgan fingerprint density at radius 1 is 0.270 bits per heavy atom. The Kier molecular flexibility index (Phi) is 10.9. The molecule has 0 aliphatic carbocycles. The van der Waals surface area contributed by atoms with Crippen molar-refractivity contribution in [3.63, 3.8) is 0 Å². The highest BCUT2D eigenvalue weighted by Crippen LogP contribution is 2.51. The molecule has 0 bridgehead atoms. The Hall–Kier alpha value is -6.41. The minimum absolute atomic E-state index is 1.01. The van der Waals surface area contributed by atoms with Crippen LogP contribution in [0.5, 0.6) is 0 Å². The van der Waals surface area contributed by atoms with Crippen LogP contribution in [-0.4, -0.2) is 5.75 Å². The molecule has 11 aromatic rings. The third kappa shape index (κ3) is 7.23. The van der Waals surface area contributed by atoms with E-state index >= 15 is 0 Å². The SMILES string of the molecule is SCCCCCCCCCCc1ccc(-c2cc3c(-c4ccccc4)cc(-c4cc5ccccc5c5ccccc45)c4cc(-c5ccccc5)c5cccc2c5c34)c2ccccc12. The number of fused-ring (bicyclic) bond motifs is 4. The van der Waals surface area contributed by atoms with E-state index in [-0.39, 0.29) is 0 Å². The molecule has 0 amide bonds. The van der Waals surface area contributed by atoms with Gasteiger partial charge >= 0.3 is 0 Å². The van der Waals surface area contributed by atoms with Crippen LogP contribution in [0.1, 0.15) is 56.9 Å². The predicted octanol–water partition coefficient (Wildman–Crippen LogP) is 18.3. The number of benzene rings is 11. The molecule has 0 spiro atoms. The highest BCUT2D eigenvalue weighted by atomic mass is 32.1. The zero-order chi connectivity index (χ0) is 42.1. The molecule has 0 radical (unpaired) electrons. The van der Waals surface area contributed by atoms with Crippen LogP contribution in [0.25, 0.3) is 109 Å². The first-order valence-electron chi connectivity index (χ1n) is 23.2. The second-order valence-electron chi connectivity index (χ2n) is 17.6. The lowest BCUT2D eigenvalue weighted by molar-refractivity contribution is 0.577.